The van der Waals surface area contributed by atoms with E-state index in [0.29, 0.717) is 15.7 Å². The van der Waals surface area contributed by atoms with Gasteiger partial charge in [-0.2, -0.15) is 0 Å². The number of benzene rings is 4. The maximum absolute atomic E-state index is 13.4. The lowest BCUT2D eigenvalue weighted by molar-refractivity contribution is -0.131. The van der Waals surface area contributed by atoms with E-state index in [1.165, 1.54) is 5.56 Å². The van der Waals surface area contributed by atoms with Gasteiger partial charge in [-0.15, -0.1) is 0 Å². The second kappa shape index (κ2) is 20.1. The van der Waals surface area contributed by atoms with Crippen molar-refractivity contribution in [1.29, 1.82) is 0 Å². The van der Waals surface area contributed by atoms with Crippen LogP contribution in [-0.4, -0.2) is 48.9 Å². The summed E-state index contributed by atoms with van der Waals surface area (Å²) in [6.07, 6.45) is 10.1. The van der Waals surface area contributed by atoms with Gasteiger partial charge in [-0.05, 0) is 90.2 Å². The van der Waals surface area contributed by atoms with Crippen molar-refractivity contribution in [2.24, 2.45) is 5.73 Å². The van der Waals surface area contributed by atoms with E-state index in [2.05, 4.69) is 32.7 Å². The minimum Gasteiger partial charge on any atom is -0.350 e. The summed E-state index contributed by atoms with van der Waals surface area (Å²) in [5, 5.41) is 14.9. The van der Waals surface area contributed by atoms with Crippen molar-refractivity contribution in [2.45, 2.75) is 50.2 Å². The third-order valence-corrected chi connectivity index (χ3v) is 9.70. The molecule has 10 nitrogen and oxygen atoms in total. The predicted octanol–water partition coefficient (Wildman–Crippen LogP) is 6.60. The molecule has 0 bridgehead atoms. The topological polar surface area (TPSA) is 154 Å². The number of anilines is 1. The maximum atomic E-state index is 13.4. The standard InChI is InChI=1S/C42H44Cl2N6O4/c43-35-15-8-16-36(44)34(35)20-18-30-13-7-14-31-25-32(19-21-33(30)31)48-42(54)47-27-39(51)49-38(23-24-45)41(53)50-37(22-17-28-9-3-1-4-10-28)40(52)46-26-29-11-5-2-6-12-29/h1-12,14-17,19,21-22,25,30,37-38H,13,18,20,23-24,26-27,45H2,(H,46,52)(H,49,51)(H,50,53)(H2,47,48,54)/b22-17+/t30?,37?,38-/m0/s1. The average molecular weight is 768 g/mol. The van der Waals surface area contributed by atoms with Gasteiger partial charge in [0.1, 0.15) is 12.1 Å². The molecule has 280 valence electrons. The molecule has 0 saturated carbocycles. The monoisotopic (exact) mass is 766 g/mol. The van der Waals surface area contributed by atoms with Crippen LogP contribution >= 0.6 is 23.2 Å². The number of nitrogens with one attached hydrogen (secondary N) is 5. The Balaban J connectivity index is 1.14. The van der Waals surface area contributed by atoms with Crippen molar-refractivity contribution in [3.8, 4) is 0 Å². The van der Waals surface area contributed by atoms with Gasteiger partial charge in [0.25, 0.3) is 0 Å². The second-order valence-electron chi connectivity index (χ2n) is 12.9. The minimum atomic E-state index is -1.05. The zero-order valence-corrected chi connectivity index (χ0v) is 31.2. The second-order valence-corrected chi connectivity index (χ2v) is 13.7. The van der Waals surface area contributed by atoms with Crippen molar-refractivity contribution in [2.75, 3.05) is 18.4 Å². The van der Waals surface area contributed by atoms with Crippen LogP contribution in [0.3, 0.4) is 0 Å². The largest absolute Gasteiger partial charge is 0.350 e. The summed E-state index contributed by atoms with van der Waals surface area (Å²) in [6, 6.07) is 27.3. The molecule has 4 aromatic rings. The van der Waals surface area contributed by atoms with Crippen molar-refractivity contribution in [3.63, 3.8) is 0 Å². The summed E-state index contributed by atoms with van der Waals surface area (Å²) in [5.74, 6) is -1.35. The Morgan fingerprint density at radius 3 is 2.28 bits per heavy atom. The number of hydrogen-bond acceptors (Lipinski definition) is 5. The van der Waals surface area contributed by atoms with E-state index < -0.39 is 42.4 Å². The number of hydrogen-bond donors (Lipinski definition) is 6. The summed E-state index contributed by atoms with van der Waals surface area (Å²) in [5.41, 5.74) is 11.2. The molecule has 3 atom stereocenters. The quantitative estimate of drug-likeness (QED) is 0.0759. The lowest BCUT2D eigenvalue weighted by Crippen LogP contribution is -2.54. The van der Waals surface area contributed by atoms with Crippen LogP contribution in [0.5, 0.6) is 0 Å². The number of fused-ring (bicyclic) bond motifs is 1. The fourth-order valence-corrected chi connectivity index (χ4v) is 6.74. The lowest BCUT2D eigenvalue weighted by Gasteiger charge is -2.23. The van der Waals surface area contributed by atoms with E-state index in [-0.39, 0.29) is 25.4 Å². The highest BCUT2D eigenvalue weighted by Gasteiger charge is 2.25. The molecule has 5 amide bonds. The Kier molecular flexibility index (Phi) is 14.8. The fraction of sp³-hybridized carbons (Fsp3) is 0.238. The molecule has 0 fully saturated rings. The highest BCUT2D eigenvalue weighted by atomic mass is 35.5. The van der Waals surface area contributed by atoms with Gasteiger partial charge in [-0.3, -0.25) is 14.4 Å². The molecule has 1 aliphatic carbocycles. The van der Waals surface area contributed by atoms with Crippen molar-refractivity contribution in [3.05, 3.63) is 147 Å². The number of carbonyl (C=O) groups excluding carboxylic acids is 4. The zero-order valence-electron chi connectivity index (χ0n) is 29.7. The Hall–Kier alpha value is -5.42. The lowest BCUT2D eigenvalue weighted by atomic mass is 9.83. The van der Waals surface area contributed by atoms with Gasteiger partial charge < -0.3 is 32.3 Å². The zero-order chi connectivity index (χ0) is 38.3. The van der Waals surface area contributed by atoms with E-state index in [1.54, 1.807) is 12.2 Å². The third-order valence-electron chi connectivity index (χ3n) is 8.99. The first-order valence-corrected chi connectivity index (χ1v) is 18.6. The van der Waals surface area contributed by atoms with Gasteiger partial charge in [0, 0.05) is 22.3 Å². The normalized spacial score (nSPS) is 14.4. The number of allylic oxidation sites excluding steroid dienone is 1. The molecule has 1 aliphatic rings. The van der Waals surface area contributed by atoms with Gasteiger partial charge in [0.05, 0.1) is 6.54 Å². The van der Waals surface area contributed by atoms with Gasteiger partial charge in [-0.25, -0.2) is 4.79 Å². The number of nitrogens with two attached hydrogens (primary N) is 1. The van der Waals surface area contributed by atoms with E-state index >= 15 is 0 Å². The molecule has 0 saturated heterocycles. The first-order chi connectivity index (χ1) is 26.2. The molecule has 7 N–H and O–H groups in total. The predicted molar refractivity (Wildman–Crippen MR) is 216 cm³/mol. The van der Waals surface area contributed by atoms with Gasteiger partial charge in [-0.1, -0.05) is 120 Å². The Bertz CT molecular complexity index is 1950. The Labute approximate surface area is 325 Å². The molecule has 54 heavy (non-hydrogen) atoms. The third kappa shape index (κ3) is 11.8. The van der Waals surface area contributed by atoms with Crippen LogP contribution in [-0.2, 0) is 27.3 Å². The molecule has 0 radical (unpaired) electrons. The van der Waals surface area contributed by atoms with Gasteiger partial charge in [0.15, 0.2) is 0 Å². The van der Waals surface area contributed by atoms with Crippen LogP contribution in [0.4, 0.5) is 10.5 Å². The van der Waals surface area contributed by atoms with Crippen LogP contribution in [0, 0.1) is 0 Å². The SMILES string of the molecule is NCC[C@H](NC(=O)CNC(=O)Nc1ccc2c(c1)C=CCC2CCc1c(Cl)cccc1Cl)C(=O)NC(/C=C/c1ccccc1)C(=O)NCc1ccccc1. The van der Waals surface area contributed by atoms with Crippen molar-refractivity contribution < 1.29 is 19.2 Å². The van der Waals surface area contributed by atoms with Crippen LogP contribution in [0.25, 0.3) is 12.2 Å². The maximum Gasteiger partial charge on any atom is 0.319 e. The van der Waals surface area contributed by atoms with Crippen LogP contribution in [0.1, 0.15) is 53.0 Å². The molecule has 0 aliphatic heterocycles. The van der Waals surface area contributed by atoms with E-state index in [0.717, 1.165) is 41.5 Å². The molecule has 0 heterocycles. The minimum absolute atomic E-state index is 0.0956. The van der Waals surface area contributed by atoms with Crippen LogP contribution < -0.4 is 32.3 Å². The first kappa shape index (κ1) is 39.8. The highest BCUT2D eigenvalue weighted by molar-refractivity contribution is 6.36. The number of halogens is 2. The fourth-order valence-electron chi connectivity index (χ4n) is 6.16. The van der Waals surface area contributed by atoms with E-state index in [9.17, 15) is 19.2 Å². The van der Waals surface area contributed by atoms with Crippen LogP contribution in [0.15, 0.2) is 109 Å². The molecule has 5 rings (SSSR count). The van der Waals surface area contributed by atoms with Crippen LogP contribution in [0.2, 0.25) is 10.0 Å². The molecule has 4 aromatic carbocycles. The molecular formula is C42H44Cl2N6O4. The average Bonchev–Trinajstić information content (AvgIpc) is 3.18. The Morgan fingerprint density at radius 2 is 1.56 bits per heavy atom. The summed E-state index contributed by atoms with van der Waals surface area (Å²) >= 11 is 12.8. The molecule has 0 spiro atoms. The summed E-state index contributed by atoms with van der Waals surface area (Å²) in [7, 11) is 0. The molecule has 12 heteroatoms. The van der Waals surface area contributed by atoms with Gasteiger partial charge >= 0.3 is 6.03 Å². The highest BCUT2D eigenvalue weighted by Crippen LogP contribution is 2.36. The summed E-state index contributed by atoms with van der Waals surface area (Å²) < 4.78 is 0. The van der Waals surface area contributed by atoms with Crippen molar-refractivity contribution >= 4 is 64.8 Å². The number of amides is 5. The van der Waals surface area contributed by atoms with Crippen molar-refractivity contribution in [1.82, 2.24) is 21.3 Å². The number of carbonyl (C=O) groups is 4. The summed E-state index contributed by atoms with van der Waals surface area (Å²) in [6.45, 7) is -0.0320. The first-order valence-electron chi connectivity index (χ1n) is 17.8. The molecular weight excluding hydrogens is 723 g/mol. The van der Waals surface area contributed by atoms with E-state index in [4.69, 9.17) is 28.9 Å². The summed E-state index contributed by atoms with van der Waals surface area (Å²) in [4.78, 5) is 52.4. The van der Waals surface area contributed by atoms with E-state index in [1.807, 2.05) is 103 Å². The van der Waals surface area contributed by atoms with Gasteiger partial charge in [0.2, 0.25) is 17.7 Å². The smallest absolute Gasteiger partial charge is 0.319 e. The Morgan fingerprint density at radius 1 is 0.833 bits per heavy atom. The number of rotatable bonds is 16. The number of urea groups is 1. The molecule has 2 unspecified atom stereocenters. The molecule has 0 aromatic heterocycles.